The topological polar surface area (TPSA) is 3.24 Å². The van der Waals surface area contributed by atoms with Gasteiger partial charge in [0.25, 0.3) is 0 Å². The minimum atomic E-state index is -4.13. The fourth-order valence-electron chi connectivity index (χ4n) is 2.15. The van der Waals surface area contributed by atoms with Gasteiger partial charge in [-0.05, 0) is 18.5 Å². The molecule has 1 nitrogen and oxygen atoms in total. The molecule has 0 aliphatic rings. The zero-order valence-electron chi connectivity index (χ0n) is 12.7. The smallest absolute Gasteiger partial charge is 0.291 e. The van der Waals surface area contributed by atoms with Crippen molar-refractivity contribution >= 4 is 13.3 Å². The highest BCUT2D eigenvalue weighted by Gasteiger charge is 2.30. The van der Waals surface area contributed by atoms with Gasteiger partial charge in [0.15, 0.2) is 0 Å². The Morgan fingerprint density at radius 2 is 1.60 bits per heavy atom. The van der Waals surface area contributed by atoms with Crippen LogP contribution in [0.25, 0.3) is 0 Å². The summed E-state index contributed by atoms with van der Waals surface area (Å²) < 4.78 is 37.5. The van der Waals surface area contributed by atoms with E-state index in [1.165, 1.54) is 10.1 Å². The van der Waals surface area contributed by atoms with Crippen LogP contribution in [0.2, 0.25) is 19.6 Å². The molecule has 0 aromatic heterocycles. The second kappa shape index (κ2) is 6.76. The molecular weight excluding hydrogens is 279 g/mol. The Hall–Kier alpha value is -0.813. The second-order valence-corrected chi connectivity index (χ2v) is 11.4. The van der Waals surface area contributed by atoms with Crippen LogP contribution in [0.3, 0.4) is 0 Å². The number of alkyl halides is 3. The average molecular weight is 303 g/mol. The predicted octanol–water partition coefficient (Wildman–Crippen LogP) is 4.01. The molecule has 0 N–H and O–H groups in total. The Labute approximate surface area is 120 Å². The van der Waals surface area contributed by atoms with Crippen molar-refractivity contribution in [3.8, 4) is 0 Å². The van der Waals surface area contributed by atoms with Crippen LogP contribution in [0, 0.1) is 0 Å². The predicted molar refractivity (Wildman–Crippen MR) is 81.0 cm³/mol. The molecule has 0 saturated heterocycles. The maximum absolute atomic E-state index is 12.5. The molecule has 0 saturated carbocycles. The van der Waals surface area contributed by atoms with Crippen molar-refractivity contribution in [1.29, 1.82) is 0 Å². The molecule has 5 heteroatoms. The molecule has 1 aromatic carbocycles. The summed E-state index contributed by atoms with van der Waals surface area (Å²) in [5.74, 6) is 0. The van der Waals surface area contributed by atoms with E-state index in [1.54, 1.807) is 0 Å². The Kier molecular flexibility index (Phi) is 5.83. The van der Waals surface area contributed by atoms with Gasteiger partial charge >= 0.3 is 6.18 Å². The van der Waals surface area contributed by atoms with E-state index in [1.807, 2.05) is 19.1 Å². The van der Waals surface area contributed by atoms with Gasteiger partial charge in [-0.1, -0.05) is 56.0 Å². The molecule has 1 aromatic rings. The molecule has 114 valence electrons. The van der Waals surface area contributed by atoms with Crippen molar-refractivity contribution in [3.05, 3.63) is 29.8 Å². The van der Waals surface area contributed by atoms with Crippen LogP contribution in [-0.4, -0.2) is 32.2 Å². The molecular formula is C15H24F3NSi. The lowest BCUT2D eigenvalue weighted by Gasteiger charge is -2.23. The van der Waals surface area contributed by atoms with Crippen LogP contribution >= 0.6 is 0 Å². The van der Waals surface area contributed by atoms with Gasteiger partial charge in [-0.3, -0.25) is 4.90 Å². The standard InChI is InChI=1S/C15H24F3NSi/c1-5-10-19(12-15(16,17)18)11-13-6-8-14(9-7-13)20(2,3)4/h6-9H,5,10-12H2,1-4H3. The van der Waals surface area contributed by atoms with E-state index in [-0.39, 0.29) is 0 Å². The molecule has 0 radical (unpaired) electrons. The first-order valence-electron chi connectivity index (χ1n) is 7.00. The maximum Gasteiger partial charge on any atom is 0.401 e. The zero-order chi connectivity index (χ0) is 15.4. The van der Waals surface area contributed by atoms with E-state index in [9.17, 15) is 13.2 Å². The fraction of sp³-hybridized carbons (Fsp3) is 0.600. The first-order valence-corrected chi connectivity index (χ1v) is 10.5. The van der Waals surface area contributed by atoms with Gasteiger partial charge in [0.1, 0.15) is 0 Å². The number of hydrogen-bond acceptors (Lipinski definition) is 1. The fourth-order valence-corrected chi connectivity index (χ4v) is 3.32. The van der Waals surface area contributed by atoms with Gasteiger partial charge in [-0.2, -0.15) is 13.2 Å². The van der Waals surface area contributed by atoms with Gasteiger partial charge in [0.05, 0.1) is 14.6 Å². The molecule has 0 aliphatic carbocycles. The van der Waals surface area contributed by atoms with Gasteiger partial charge in [0.2, 0.25) is 0 Å². The molecule has 0 heterocycles. The third-order valence-electron chi connectivity index (χ3n) is 3.17. The van der Waals surface area contributed by atoms with Crippen molar-refractivity contribution in [1.82, 2.24) is 4.90 Å². The van der Waals surface area contributed by atoms with Crippen molar-refractivity contribution in [2.24, 2.45) is 0 Å². The van der Waals surface area contributed by atoms with Crippen LogP contribution in [-0.2, 0) is 6.54 Å². The van der Waals surface area contributed by atoms with Gasteiger partial charge in [-0.15, -0.1) is 0 Å². The highest BCUT2D eigenvalue weighted by Crippen LogP contribution is 2.18. The van der Waals surface area contributed by atoms with E-state index in [2.05, 4.69) is 31.8 Å². The minimum Gasteiger partial charge on any atom is -0.291 e. The lowest BCUT2D eigenvalue weighted by atomic mass is 10.2. The van der Waals surface area contributed by atoms with E-state index >= 15 is 0 Å². The minimum absolute atomic E-state index is 0.360. The SMILES string of the molecule is CCCN(Cc1ccc([Si](C)(C)C)cc1)CC(F)(F)F. The normalized spacial score (nSPS) is 13.0. The number of rotatable bonds is 6. The third-order valence-corrected chi connectivity index (χ3v) is 5.23. The van der Waals surface area contributed by atoms with Crippen LogP contribution in [0.5, 0.6) is 0 Å². The Morgan fingerprint density at radius 1 is 1.05 bits per heavy atom. The van der Waals surface area contributed by atoms with E-state index < -0.39 is 20.8 Å². The third kappa shape index (κ3) is 6.09. The largest absolute Gasteiger partial charge is 0.401 e. The quantitative estimate of drug-likeness (QED) is 0.718. The van der Waals surface area contributed by atoms with E-state index in [4.69, 9.17) is 0 Å². The van der Waals surface area contributed by atoms with Crippen LogP contribution < -0.4 is 5.19 Å². The molecule has 0 spiro atoms. The monoisotopic (exact) mass is 303 g/mol. The summed E-state index contributed by atoms with van der Waals surface area (Å²) in [6, 6.07) is 8.07. The maximum atomic E-state index is 12.5. The van der Waals surface area contributed by atoms with Crippen molar-refractivity contribution in [2.75, 3.05) is 13.1 Å². The number of nitrogens with zero attached hydrogens (tertiary/aromatic N) is 1. The summed E-state index contributed by atoms with van der Waals surface area (Å²) in [7, 11) is -1.34. The highest BCUT2D eigenvalue weighted by atomic mass is 28.3. The summed E-state index contributed by atoms with van der Waals surface area (Å²) in [4.78, 5) is 1.46. The first-order chi connectivity index (χ1) is 9.12. The van der Waals surface area contributed by atoms with Crippen molar-refractivity contribution in [3.63, 3.8) is 0 Å². The van der Waals surface area contributed by atoms with Gasteiger partial charge in [0, 0.05) is 6.54 Å². The van der Waals surface area contributed by atoms with Gasteiger partial charge < -0.3 is 0 Å². The molecule has 0 aliphatic heterocycles. The number of benzene rings is 1. The average Bonchev–Trinajstić information content (AvgIpc) is 2.26. The molecule has 1 rings (SSSR count). The first kappa shape index (κ1) is 17.2. The Bertz CT molecular complexity index is 407. The Morgan fingerprint density at radius 3 is 2.00 bits per heavy atom. The molecule has 0 bridgehead atoms. The summed E-state index contributed by atoms with van der Waals surface area (Å²) >= 11 is 0. The van der Waals surface area contributed by atoms with Crippen LogP contribution in [0.1, 0.15) is 18.9 Å². The molecule has 0 fully saturated rings. The van der Waals surface area contributed by atoms with Gasteiger partial charge in [-0.25, -0.2) is 0 Å². The molecule has 20 heavy (non-hydrogen) atoms. The van der Waals surface area contributed by atoms with Crippen molar-refractivity contribution < 1.29 is 13.2 Å². The lowest BCUT2D eigenvalue weighted by Crippen LogP contribution is -2.37. The lowest BCUT2D eigenvalue weighted by molar-refractivity contribution is -0.147. The van der Waals surface area contributed by atoms with E-state index in [0.717, 1.165) is 12.0 Å². The molecule has 0 atom stereocenters. The highest BCUT2D eigenvalue weighted by molar-refractivity contribution is 6.88. The van der Waals surface area contributed by atoms with Crippen LogP contribution in [0.4, 0.5) is 13.2 Å². The molecule has 0 amide bonds. The summed E-state index contributed by atoms with van der Waals surface area (Å²) in [5.41, 5.74) is 0.949. The molecule has 0 unspecified atom stereocenters. The van der Waals surface area contributed by atoms with Crippen molar-refractivity contribution in [2.45, 2.75) is 45.7 Å². The Balaban J connectivity index is 2.74. The zero-order valence-corrected chi connectivity index (χ0v) is 13.7. The number of hydrogen-bond donors (Lipinski definition) is 0. The second-order valence-electron chi connectivity index (χ2n) is 6.27. The number of halogens is 3. The summed E-state index contributed by atoms with van der Waals surface area (Å²) in [5, 5.41) is 1.33. The summed E-state index contributed by atoms with van der Waals surface area (Å²) in [6.45, 7) is 8.67. The van der Waals surface area contributed by atoms with Crippen LogP contribution in [0.15, 0.2) is 24.3 Å². The summed E-state index contributed by atoms with van der Waals surface area (Å²) in [6.07, 6.45) is -3.41. The van der Waals surface area contributed by atoms with E-state index in [0.29, 0.717) is 13.1 Å².